The lowest BCUT2D eigenvalue weighted by atomic mass is 9.79. The van der Waals surface area contributed by atoms with E-state index in [-0.39, 0.29) is 0 Å². The first-order valence-corrected chi connectivity index (χ1v) is 9.01. The molecule has 24 heavy (non-hydrogen) atoms. The van der Waals surface area contributed by atoms with Crippen LogP contribution < -0.4 is 4.90 Å². The molecule has 2 aromatic rings. The van der Waals surface area contributed by atoms with Crippen LogP contribution >= 0.6 is 0 Å². The van der Waals surface area contributed by atoms with Crippen molar-refractivity contribution in [1.29, 1.82) is 0 Å². The summed E-state index contributed by atoms with van der Waals surface area (Å²) in [5.41, 5.74) is 0.399. The first-order chi connectivity index (χ1) is 11.6. The zero-order valence-electron chi connectivity index (χ0n) is 14.1. The SMILES string of the molecule is CN(CC1(O)CCC1)C1CN(c2ccc3nnc(C4CC4)n3n2)C1. The van der Waals surface area contributed by atoms with E-state index in [2.05, 4.69) is 27.0 Å². The Labute approximate surface area is 141 Å². The third kappa shape index (κ3) is 2.38. The molecule has 0 spiro atoms. The van der Waals surface area contributed by atoms with E-state index in [0.29, 0.717) is 12.0 Å². The van der Waals surface area contributed by atoms with E-state index < -0.39 is 5.60 Å². The number of likely N-dealkylation sites (N-methyl/N-ethyl adjacent to an activating group) is 1. The highest BCUT2D eigenvalue weighted by molar-refractivity contribution is 5.48. The number of hydrogen-bond donors (Lipinski definition) is 1. The number of nitrogens with zero attached hydrogens (tertiary/aromatic N) is 6. The minimum Gasteiger partial charge on any atom is -0.389 e. The van der Waals surface area contributed by atoms with Crippen molar-refractivity contribution in [2.75, 3.05) is 31.6 Å². The first-order valence-electron chi connectivity index (χ1n) is 9.01. The summed E-state index contributed by atoms with van der Waals surface area (Å²) in [6.07, 6.45) is 5.46. The van der Waals surface area contributed by atoms with Crippen molar-refractivity contribution in [2.24, 2.45) is 0 Å². The predicted octanol–water partition coefficient (Wildman–Crippen LogP) is 1.04. The molecule has 3 aliphatic rings. The first kappa shape index (κ1) is 14.6. The van der Waals surface area contributed by atoms with Gasteiger partial charge in [-0.25, -0.2) is 0 Å². The van der Waals surface area contributed by atoms with Crippen molar-refractivity contribution < 1.29 is 5.11 Å². The molecule has 3 heterocycles. The van der Waals surface area contributed by atoms with Crippen LogP contribution in [-0.2, 0) is 0 Å². The lowest BCUT2D eigenvalue weighted by Crippen LogP contribution is -2.62. The number of anilines is 1. The molecule has 2 aromatic heterocycles. The van der Waals surface area contributed by atoms with E-state index in [4.69, 9.17) is 5.10 Å². The van der Waals surface area contributed by atoms with Crippen LogP contribution in [0.25, 0.3) is 5.65 Å². The Morgan fingerprint density at radius 1 is 1.25 bits per heavy atom. The third-order valence-electron chi connectivity index (χ3n) is 5.85. The Kier molecular flexibility index (Phi) is 3.12. The number of aliphatic hydroxyl groups is 1. The molecule has 128 valence electrons. The number of rotatable bonds is 5. The number of fused-ring (bicyclic) bond motifs is 1. The van der Waals surface area contributed by atoms with Crippen molar-refractivity contribution in [3.63, 3.8) is 0 Å². The molecule has 0 radical (unpaired) electrons. The largest absolute Gasteiger partial charge is 0.389 e. The van der Waals surface area contributed by atoms with Gasteiger partial charge in [-0.05, 0) is 51.3 Å². The van der Waals surface area contributed by atoms with Gasteiger partial charge < -0.3 is 10.0 Å². The molecule has 1 N–H and O–H groups in total. The van der Waals surface area contributed by atoms with Gasteiger partial charge in [-0.1, -0.05) is 0 Å². The monoisotopic (exact) mass is 328 g/mol. The summed E-state index contributed by atoms with van der Waals surface area (Å²) < 4.78 is 1.92. The molecule has 3 fully saturated rings. The molecule has 5 rings (SSSR count). The Hall–Kier alpha value is -1.73. The van der Waals surface area contributed by atoms with E-state index in [1.54, 1.807) is 0 Å². The molecular formula is C17H24N6O. The molecule has 7 nitrogen and oxygen atoms in total. The molecule has 1 aliphatic heterocycles. The zero-order valence-corrected chi connectivity index (χ0v) is 14.1. The summed E-state index contributed by atoms with van der Waals surface area (Å²) in [6, 6.07) is 4.54. The summed E-state index contributed by atoms with van der Waals surface area (Å²) >= 11 is 0. The van der Waals surface area contributed by atoms with Crippen LogP contribution in [0.2, 0.25) is 0 Å². The topological polar surface area (TPSA) is 69.8 Å². The normalized spacial score (nSPS) is 23.5. The lowest BCUT2D eigenvalue weighted by Gasteiger charge is -2.48. The van der Waals surface area contributed by atoms with Gasteiger partial charge in [0.05, 0.1) is 5.60 Å². The standard InChI is InChI=1S/C17H24N6O/c1-21(11-17(24)7-2-8-17)13-9-22(10-13)15-6-5-14-18-19-16(12-3-4-12)23(14)20-15/h5-6,12-13,24H,2-4,7-11H2,1H3. The van der Waals surface area contributed by atoms with Gasteiger partial charge in [0, 0.05) is 31.6 Å². The fourth-order valence-electron chi connectivity index (χ4n) is 3.82. The maximum Gasteiger partial charge on any atom is 0.178 e. The van der Waals surface area contributed by atoms with Crippen LogP contribution in [0.5, 0.6) is 0 Å². The highest BCUT2D eigenvalue weighted by atomic mass is 16.3. The van der Waals surface area contributed by atoms with Crippen molar-refractivity contribution >= 4 is 11.5 Å². The molecule has 0 atom stereocenters. The van der Waals surface area contributed by atoms with E-state index in [0.717, 1.165) is 56.2 Å². The van der Waals surface area contributed by atoms with Crippen LogP contribution in [0.3, 0.4) is 0 Å². The Morgan fingerprint density at radius 3 is 2.71 bits per heavy atom. The Balaban J connectivity index is 1.27. The van der Waals surface area contributed by atoms with Gasteiger partial charge in [0.15, 0.2) is 11.5 Å². The summed E-state index contributed by atoms with van der Waals surface area (Å²) in [7, 11) is 2.12. The second-order valence-electron chi connectivity index (χ2n) is 7.85. The molecule has 2 saturated carbocycles. The fourth-order valence-corrected chi connectivity index (χ4v) is 3.82. The molecular weight excluding hydrogens is 304 g/mol. The van der Waals surface area contributed by atoms with E-state index in [1.165, 1.54) is 12.8 Å². The van der Waals surface area contributed by atoms with Crippen molar-refractivity contribution in [3.05, 3.63) is 18.0 Å². The van der Waals surface area contributed by atoms with E-state index >= 15 is 0 Å². The Bertz CT molecular complexity index is 760. The van der Waals surface area contributed by atoms with Crippen LogP contribution in [0.15, 0.2) is 12.1 Å². The summed E-state index contributed by atoms with van der Waals surface area (Å²) in [4.78, 5) is 4.60. The van der Waals surface area contributed by atoms with Crippen molar-refractivity contribution in [2.45, 2.75) is 49.7 Å². The van der Waals surface area contributed by atoms with Gasteiger partial charge in [-0.3, -0.25) is 4.90 Å². The molecule has 0 bridgehead atoms. The van der Waals surface area contributed by atoms with Crippen LogP contribution in [0, 0.1) is 0 Å². The van der Waals surface area contributed by atoms with Gasteiger partial charge in [0.2, 0.25) is 0 Å². The third-order valence-corrected chi connectivity index (χ3v) is 5.85. The maximum atomic E-state index is 10.3. The van der Waals surface area contributed by atoms with Gasteiger partial charge in [-0.15, -0.1) is 15.3 Å². The van der Waals surface area contributed by atoms with Gasteiger partial charge in [0.25, 0.3) is 0 Å². The van der Waals surface area contributed by atoms with Crippen LogP contribution in [-0.4, -0.2) is 68.1 Å². The van der Waals surface area contributed by atoms with Gasteiger partial charge in [-0.2, -0.15) is 4.52 Å². The summed E-state index contributed by atoms with van der Waals surface area (Å²) in [6.45, 7) is 2.72. The highest BCUT2D eigenvalue weighted by Crippen LogP contribution is 2.39. The molecule has 0 amide bonds. The summed E-state index contributed by atoms with van der Waals surface area (Å²) in [5.74, 6) is 2.55. The maximum absolute atomic E-state index is 10.3. The highest BCUT2D eigenvalue weighted by Gasteiger charge is 2.39. The minimum atomic E-state index is -0.437. The molecule has 1 saturated heterocycles. The molecule has 7 heteroatoms. The van der Waals surface area contributed by atoms with E-state index in [1.807, 2.05) is 16.6 Å². The lowest BCUT2D eigenvalue weighted by molar-refractivity contribution is -0.0629. The minimum absolute atomic E-state index is 0.437. The quantitative estimate of drug-likeness (QED) is 0.884. The number of hydrogen-bond acceptors (Lipinski definition) is 6. The molecule has 2 aliphatic carbocycles. The zero-order chi connectivity index (χ0) is 16.3. The average molecular weight is 328 g/mol. The molecule has 0 unspecified atom stereocenters. The smallest absolute Gasteiger partial charge is 0.178 e. The molecule has 0 aromatic carbocycles. The van der Waals surface area contributed by atoms with Crippen molar-refractivity contribution in [3.8, 4) is 0 Å². The van der Waals surface area contributed by atoms with Crippen LogP contribution in [0.4, 0.5) is 5.82 Å². The second-order valence-corrected chi connectivity index (χ2v) is 7.85. The fraction of sp³-hybridized carbons (Fsp3) is 0.706. The van der Waals surface area contributed by atoms with Gasteiger partial charge >= 0.3 is 0 Å². The summed E-state index contributed by atoms with van der Waals surface area (Å²) in [5, 5.41) is 23.6. The van der Waals surface area contributed by atoms with Gasteiger partial charge in [0.1, 0.15) is 5.82 Å². The number of aromatic nitrogens is 4. The average Bonchev–Trinajstić information content (AvgIpc) is 3.24. The second kappa shape index (κ2) is 5.13. The Morgan fingerprint density at radius 2 is 2.04 bits per heavy atom. The van der Waals surface area contributed by atoms with Crippen LogP contribution in [0.1, 0.15) is 43.8 Å². The predicted molar refractivity (Wildman–Crippen MR) is 90.2 cm³/mol. The van der Waals surface area contributed by atoms with Crippen molar-refractivity contribution in [1.82, 2.24) is 24.7 Å². The van der Waals surface area contributed by atoms with E-state index in [9.17, 15) is 5.11 Å².